The maximum atomic E-state index is 11.6. The van der Waals surface area contributed by atoms with Gasteiger partial charge in [0.25, 0.3) is 5.69 Å². The molecule has 0 radical (unpaired) electrons. The lowest BCUT2D eigenvalue weighted by Gasteiger charge is -2.03. The van der Waals surface area contributed by atoms with Gasteiger partial charge in [-0.1, -0.05) is 6.07 Å². The van der Waals surface area contributed by atoms with Gasteiger partial charge < -0.3 is 4.74 Å². The molecule has 8 heteroatoms. The Morgan fingerprint density at radius 3 is 2.81 bits per heavy atom. The topological polar surface area (TPSA) is 81.8 Å². The molecule has 0 spiro atoms. The number of carbonyl (C=O) groups is 1. The molecule has 2 aromatic rings. The van der Waals surface area contributed by atoms with Crippen molar-refractivity contribution in [2.45, 2.75) is 0 Å². The number of carbonyl (C=O) groups excluding carboxylic acids is 1. The molecule has 0 unspecified atom stereocenters. The molecule has 0 bridgehead atoms. The zero-order chi connectivity index (χ0) is 15.4. The molecule has 1 heterocycles. The number of ether oxygens (including phenoxy) is 1. The first-order valence-electron chi connectivity index (χ1n) is 5.66. The van der Waals surface area contributed by atoms with Crippen molar-refractivity contribution in [3.8, 4) is 0 Å². The smallest absolute Gasteiger partial charge is 0.344 e. The first-order valence-corrected chi connectivity index (χ1v) is 7.39. The van der Waals surface area contributed by atoms with Crippen LogP contribution >= 0.6 is 27.3 Å². The Bertz CT molecular complexity index is 727. The molecule has 0 saturated heterocycles. The number of halogens is 1. The molecular weight excluding hydrogens is 360 g/mol. The molecule has 0 N–H and O–H groups in total. The number of para-hydroxylation sites is 1. The predicted octanol–water partition coefficient (Wildman–Crippen LogP) is 3.96. The molecule has 1 aromatic heterocycles. The third-order valence-electron chi connectivity index (χ3n) is 2.59. The first kappa shape index (κ1) is 15.3. The van der Waals surface area contributed by atoms with Crippen molar-refractivity contribution in [2.24, 2.45) is 4.99 Å². The van der Waals surface area contributed by atoms with Crippen molar-refractivity contribution in [3.63, 3.8) is 0 Å². The summed E-state index contributed by atoms with van der Waals surface area (Å²) in [5.74, 6) is -0.756. The average Bonchev–Trinajstić information content (AvgIpc) is 2.88. The molecule has 6 nitrogen and oxygen atoms in total. The minimum atomic E-state index is -0.756. The van der Waals surface area contributed by atoms with Crippen molar-refractivity contribution in [3.05, 3.63) is 54.7 Å². The summed E-state index contributed by atoms with van der Waals surface area (Å²) in [4.78, 5) is 26.4. The van der Waals surface area contributed by atoms with E-state index in [0.717, 1.165) is 4.47 Å². The molecule has 0 atom stereocenters. The van der Waals surface area contributed by atoms with Crippen LogP contribution in [0.1, 0.15) is 15.9 Å². The van der Waals surface area contributed by atoms with E-state index in [2.05, 4.69) is 25.7 Å². The summed E-state index contributed by atoms with van der Waals surface area (Å²) >= 11 is 4.78. The molecule has 21 heavy (non-hydrogen) atoms. The number of nitro benzene ring substituents is 1. The minimum absolute atomic E-state index is 0.101. The molecule has 0 saturated carbocycles. The summed E-state index contributed by atoms with van der Waals surface area (Å²) in [6, 6.07) is 4.42. The lowest BCUT2D eigenvalue weighted by Crippen LogP contribution is -2.07. The molecular formula is C13H9BrN2O4S. The van der Waals surface area contributed by atoms with E-state index in [1.807, 2.05) is 5.38 Å². The van der Waals surface area contributed by atoms with Crippen molar-refractivity contribution >= 4 is 50.8 Å². The molecule has 0 fully saturated rings. The monoisotopic (exact) mass is 368 g/mol. The highest BCUT2D eigenvalue weighted by molar-refractivity contribution is 9.10. The summed E-state index contributed by atoms with van der Waals surface area (Å²) in [7, 11) is 1.18. The molecule has 0 aliphatic rings. The number of aliphatic imine (C=N–C) groups is 1. The van der Waals surface area contributed by atoms with Crippen LogP contribution in [0.5, 0.6) is 0 Å². The van der Waals surface area contributed by atoms with Crippen molar-refractivity contribution in [1.82, 2.24) is 0 Å². The van der Waals surface area contributed by atoms with E-state index in [4.69, 9.17) is 0 Å². The van der Waals surface area contributed by atoms with Crippen LogP contribution in [0.15, 0.2) is 38.4 Å². The van der Waals surface area contributed by atoms with Crippen molar-refractivity contribution in [2.75, 3.05) is 7.11 Å². The number of benzene rings is 1. The Morgan fingerprint density at radius 2 is 2.24 bits per heavy atom. The fourth-order valence-electron chi connectivity index (χ4n) is 1.65. The SMILES string of the molecule is COC(=O)c1cccc(C=Nc2cscc2Br)c1[N+](=O)[O-]. The third kappa shape index (κ3) is 3.34. The highest BCUT2D eigenvalue weighted by Gasteiger charge is 2.24. The van der Waals surface area contributed by atoms with Gasteiger partial charge in [0.2, 0.25) is 0 Å². The second-order valence-corrected chi connectivity index (χ2v) is 5.45. The van der Waals surface area contributed by atoms with Crippen LogP contribution in [-0.4, -0.2) is 24.2 Å². The number of hydrogen-bond acceptors (Lipinski definition) is 6. The van der Waals surface area contributed by atoms with Gasteiger partial charge in [0.1, 0.15) is 5.56 Å². The summed E-state index contributed by atoms with van der Waals surface area (Å²) in [6.07, 6.45) is 1.36. The molecule has 108 valence electrons. The zero-order valence-electron chi connectivity index (χ0n) is 10.8. The Balaban J connectivity index is 2.49. The predicted molar refractivity (Wildman–Crippen MR) is 83.7 cm³/mol. The second-order valence-electron chi connectivity index (χ2n) is 3.86. The van der Waals surface area contributed by atoms with Crippen LogP contribution in [0.25, 0.3) is 0 Å². The van der Waals surface area contributed by atoms with Crippen molar-refractivity contribution in [1.29, 1.82) is 0 Å². The van der Waals surface area contributed by atoms with Crippen LogP contribution in [0, 0.1) is 10.1 Å². The van der Waals surface area contributed by atoms with Gasteiger partial charge in [-0.2, -0.15) is 0 Å². The van der Waals surface area contributed by atoms with E-state index in [1.165, 1.54) is 36.8 Å². The second kappa shape index (κ2) is 6.59. The number of rotatable bonds is 4. The van der Waals surface area contributed by atoms with Gasteiger partial charge in [0.05, 0.1) is 27.8 Å². The maximum Gasteiger partial charge on any atom is 0.344 e. The molecule has 0 aliphatic heterocycles. The quantitative estimate of drug-likeness (QED) is 0.354. The Kier molecular flexibility index (Phi) is 4.81. The average molecular weight is 369 g/mol. The minimum Gasteiger partial charge on any atom is -0.465 e. The fraction of sp³-hybridized carbons (Fsp3) is 0.0769. The summed E-state index contributed by atoms with van der Waals surface area (Å²) in [5, 5.41) is 14.9. The number of hydrogen-bond donors (Lipinski definition) is 0. The van der Waals surface area contributed by atoms with Gasteiger partial charge in [-0.15, -0.1) is 11.3 Å². The van der Waals surface area contributed by atoms with Gasteiger partial charge in [0, 0.05) is 17.0 Å². The van der Waals surface area contributed by atoms with Crippen LogP contribution in [0.3, 0.4) is 0 Å². The highest BCUT2D eigenvalue weighted by Crippen LogP contribution is 2.30. The Labute approximate surface area is 132 Å². The Hall–Kier alpha value is -2.06. The van der Waals surface area contributed by atoms with E-state index in [0.29, 0.717) is 5.69 Å². The lowest BCUT2D eigenvalue weighted by atomic mass is 10.1. The van der Waals surface area contributed by atoms with E-state index in [9.17, 15) is 14.9 Å². The summed E-state index contributed by atoms with van der Waals surface area (Å²) in [5.41, 5.74) is 0.481. The largest absolute Gasteiger partial charge is 0.465 e. The third-order valence-corrected chi connectivity index (χ3v) is 4.26. The fourth-order valence-corrected chi connectivity index (χ4v) is 2.97. The van der Waals surface area contributed by atoms with Gasteiger partial charge in [-0.3, -0.25) is 15.1 Å². The van der Waals surface area contributed by atoms with Gasteiger partial charge in [-0.05, 0) is 28.1 Å². The van der Waals surface area contributed by atoms with Crippen LogP contribution in [-0.2, 0) is 4.74 Å². The standard InChI is InChI=1S/C13H9BrN2O4S/c1-20-13(17)9-4-2-3-8(12(9)16(18)19)5-15-11-7-21-6-10(11)14/h2-7H,1H3. The van der Waals surface area contributed by atoms with E-state index < -0.39 is 10.9 Å². The number of methoxy groups -OCH3 is 1. The highest BCUT2D eigenvalue weighted by atomic mass is 79.9. The number of nitrogens with zero attached hydrogens (tertiary/aromatic N) is 2. The lowest BCUT2D eigenvalue weighted by molar-refractivity contribution is -0.385. The summed E-state index contributed by atoms with van der Waals surface area (Å²) < 4.78 is 5.36. The number of nitro groups is 1. The first-order chi connectivity index (χ1) is 10.0. The van der Waals surface area contributed by atoms with Gasteiger partial charge in [-0.25, -0.2) is 4.79 Å². The molecule has 2 rings (SSSR count). The van der Waals surface area contributed by atoms with Crippen LogP contribution in [0.2, 0.25) is 0 Å². The van der Waals surface area contributed by atoms with E-state index in [1.54, 1.807) is 11.4 Å². The number of esters is 1. The maximum absolute atomic E-state index is 11.6. The van der Waals surface area contributed by atoms with Gasteiger partial charge >= 0.3 is 5.97 Å². The molecule has 0 aliphatic carbocycles. The zero-order valence-corrected chi connectivity index (χ0v) is 13.2. The Morgan fingerprint density at radius 1 is 1.48 bits per heavy atom. The van der Waals surface area contributed by atoms with Gasteiger partial charge in [0.15, 0.2) is 0 Å². The summed E-state index contributed by atoms with van der Waals surface area (Å²) in [6.45, 7) is 0. The van der Waals surface area contributed by atoms with Crippen molar-refractivity contribution < 1.29 is 14.5 Å². The van der Waals surface area contributed by atoms with E-state index in [-0.39, 0.29) is 16.8 Å². The van der Waals surface area contributed by atoms with Crippen LogP contribution < -0.4 is 0 Å². The number of thiophene rings is 1. The van der Waals surface area contributed by atoms with E-state index >= 15 is 0 Å². The van der Waals surface area contributed by atoms with Crippen LogP contribution in [0.4, 0.5) is 11.4 Å². The normalized spacial score (nSPS) is 10.8. The molecule has 1 aromatic carbocycles. The molecule has 0 amide bonds.